The molecule has 0 aliphatic carbocycles. The van der Waals surface area contributed by atoms with Gasteiger partial charge in [-0.15, -0.1) is 11.6 Å². The maximum atomic E-state index is 12.7. The van der Waals surface area contributed by atoms with Gasteiger partial charge in [-0.05, 0) is 46.5 Å². The van der Waals surface area contributed by atoms with Crippen molar-refractivity contribution in [1.82, 2.24) is 4.31 Å². The SMILES string of the molecule is CC1CCN(S(=O)(=O)c2cc(Br)ccc2Br)C1CCl. The van der Waals surface area contributed by atoms with Gasteiger partial charge in [-0.1, -0.05) is 22.9 Å². The van der Waals surface area contributed by atoms with E-state index in [1.54, 1.807) is 18.2 Å². The molecule has 0 radical (unpaired) electrons. The number of rotatable bonds is 3. The summed E-state index contributed by atoms with van der Waals surface area (Å²) < 4.78 is 28.3. The molecule has 3 nitrogen and oxygen atoms in total. The summed E-state index contributed by atoms with van der Waals surface area (Å²) >= 11 is 12.6. The summed E-state index contributed by atoms with van der Waals surface area (Å²) in [7, 11) is -3.51. The van der Waals surface area contributed by atoms with Crippen LogP contribution in [0.5, 0.6) is 0 Å². The minimum absolute atomic E-state index is 0.127. The Morgan fingerprint density at radius 1 is 1.42 bits per heavy atom. The molecule has 1 aliphatic heterocycles. The first kappa shape index (κ1) is 15.8. The van der Waals surface area contributed by atoms with Crippen LogP contribution < -0.4 is 0 Å². The summed E-state index contributed by atoms with van der Waals surface area (Å²) in [6.07, 6.45) is 0.849. The summed E-state index contributed by atoms with van der Waals surface area (Å²) in [5.74, 6) is 0.615. The number of nitrogens with zero attached hydrogens (tertiary/aromatic N) is 1. The van der Waals surface area contributed by atoms with Crippen LogP contribution in [0.1, 0.15) is 13.3 Å². The Morgan fingerprint density at radius 3 is 2.74 bits per heavy atom. The summed E-state index contributed by atoms with van der Waals surface area (Å²) in [6.45, 7) is 2.57. The first-order valence-electron chi connectivity index (χ1n) is 5.90. The molecular formula is C12H14Br2ClNO2S. The maximum absolute atomic E-state index is 12.7. The van der Waals surface area contributed by atoms with E-state index in [9.17, 15) is 8.42 Å². The quantitative estimate of drug-likeness (QED) is 0.682. The monoisotopic (exact) mass is 429 g/mol. The fraction of sp³-hybridized carbons (Fsp3) is 0.500. The number of hydrogen-bond acceptors (Lipinski definition) is 2. The average molecular weight is 432 g/mol. The zero-order valence-corrected chi connectivity index (χ0v) is 15.1. The molecule has 0 amide bonds. The molecule has 2 rings (SSSR count). The first-order chi connectivity index (χ1) is 8.87. The fourth-order valence-corrected chi connectivity index (χ4v) is 6.05. The van der Waals surface area contributed by atoms with E-state index in [0.717, 1.165) is 10.9 Å². The van der Waals surface area contributed by atoms with Crippen molar-refractivity contribution in [2.45, 2.75) is 24.3 Å². The van der Waals surface area contributed by atoms with E-state index < -0.39 is 10.0 Å². The van der Waals surface area contributed by atoms with Gasteiger partial charge in [-0.2, -0.15) is 4.31 Å². The molecule has 106 valence electrons. The lowest BCUT2D eigenvalue weighted by Crippen LogP contribution is -2.38. The number of sulfonamides is 1. The number of hydrogen-bond donors (Lipinski definition) is 0. The van der Waals surface area contributed by atoms with Gasteiger partial charge in [0.2, 0.25) is 10.0 Å². The van der Waals surface area contributed by atoms with Crippen molar-refractivity contribution in [3.8, 4) is 0 Å². The molecule has 0 aromatic heterocycles. The molecule has 1 fully saturated rings. The zero-order chi connectivity index (χ0) is 14.2. The third-order valence-corrected chi connectivity index (χ3v) is 7.20. The Kier molecular flexibility index (Phi) is 4.99. The van der Waals surface area contributed by atoms with E-state index in [1.807, 2.05) is 6.92 Å². The number of halogens is 3. The molecule has 1 saturated heterocycles. The van der Waals surface area contributed by atoms with Crippen LogP contribution in [0.3, 0.4) is 0 Å². The van der Waals surface area contributed by atoms with E-state index in [-0.39, 0.29) is 10.9 Å². The van der Waals surface area contributed by atoms with Crippen LogP contribution in [0, 0.1) is 5.92 Å². The predicted molar refractivity (Wildman–Crippen MR) is 84.0 cm³/mol. The second kappa shape index (κ2) is 6.02. The van der Waals surface area contributed by atoms with E-state index >= 15 is 0 Å². The van der Waals surface area contributed by atoms with Crippen LogP contribution in [0.15, 0.2) is 32.0 Å². The molecule has 1 heterocycles. The van der Waals surface area contributed by atoms with Crippen molar-refractivity contribution in [3.63, 3.8) is 0 Å². The van der Waals surface area contributed by atoms with Crippen LogP contribution in [0.25, 0.3) is 0 Å². The standard InChI is InChI=1S/C12H14Br2ClNO2S/c1-8-4-5-16(11(8)7-15)19(17,18)12-6-9(13)2-3-10(12)14/h2-3,6,8,11H,4-5,7H2,1H3. The topological polar surface area (TPSA) is 37.4 Å². The number of alkyl halides is 1. The Bertz CT molecular complexity index is 579. The average Bonchev–Trinajstić information content (AvgIpc) is 2.74. The predicted octanol–water partition coefficient (Wildman–Crippen LogP) is 3.85. The second-order valence-corrected chi connectivity index (χ2v) is 8.62. The first-order valence-corrected chi connectivity index (χ1v) is 9.47. The maximum Gasteiger partial charge on any atom is 0.244 e. The van der Waals surface area contributed by atoms with Crippen molar-refractivity contribution in [2.24, 2.45) is 5.92 Å². The molecule has 0 bridgehead atoms. The molecule has 7 heteroatoms. The Hall–Kier alpha value is 0.380. The van der Waals surface area contributed by atoms with Crippen LogP contribution in [0.2, 0.25) is 0 Å². The smallest absolute Gasteiger partial charge is 0.207 e. The van der Waals surface area contributed by atoms with Crippen molar-refractivity contribution < 1.29 is 8.42 Å². The van der Waals surface area contributed by atoms with Crippen molar-refractivity contribution >= 4 is 53.5 Å². The summed E-state index contributed by atoms with van der Waals surface area (Å²) in [5.41, 5.74) is 0. The van der Waals surface area contributed by atoms with Crippen molar-refractivity contribution in [3.05, 3.63) is 27.1 Å². The van der Waals surface area contributed by atoms with Crippen molar-refractivity contribution in [2.75, 3.05) is 12.4 Å². The van der Waals surface area contributed by atoms with Crippen LogP contribution in [0.4, 0.5) is 0 Å². The Morgan fingerprint density at radius 2 is 2.11 bits per heavy atom. The normalized spacial score (nSPS) is 24.8. The summed E-state index contributed by atoms with van der Waals surface area (Å²) in [5, 5.41) is 0. The Balaban J connectivity index is 2.45. The molecule has 2 unspecified atom stereocenters. The van der Waals surface area contributed by atoms with E-state index in [2.05, 4.69) is 31.9 Å². The molecule has 0 spiro atoms. The molecule has 19 heavy (non-hydrogen) atoms. The molecule has 1 aromatic carbocycles. The van der Waals surface area contributed by atoms with Crippen LogP contribution in [-0.4, -0.2) is 31.2 Å². The molecule has 1 aromatic rings. The zero-order valence-electron chi connectivity index (χ0n) is 10.3. The molecule has 0 N–H and O–H groups in total. The molecule has 2 atom stereocenters. The third-order valence-electron chi connectivity index (χ3n) is 3.47. The fourth-order valence-electron chi connectivity index (χ4n) is 2.30. The van der Waals surface area contributed by atoms with Gasteiger partial charge < -0.3 is 0 Å². The Labute approximate surface area is 135 Å². The van der Waals surface area contributed by atoms with Gasteiger partial charge in [-0.3, -0.25) is 0 Å². The van der Waals surface area contributed by atoms with Gasteiger partial charge in [0.25, 0.3) is 0 Å². The highest BCUT2D eigenvalue weighted by molar-refractivity contribution is 9.11. The lowest BCUT2D eigenvalue weighted by atomic mass is 10.1. The molecule has 0 saturated carbocycles. The lowest BCUT2D eigenvalue weighted by molar-refractivity contribution is 0.375. The van der Waals surface area contributed by atoms with Gasteiger partial charge in [0.15, 0.2) is 0 Å². The van der Waals surface area contributed by atoms with Gasteiger partial charge in [0, 0.05) is 27.4 Å². The minimum Gasteiger partial charge on any atom is -0.207 e. The van der Waals surface area contributed by atoms with Gasteiger partial charge in [0.05, 0.1) is 4.90 Å². The van der Waals surface area contributed by atoms with E-state index in [0.29, 0.717) is 22.8 Å². The van der Waals surface area contributed by atoms with Crippen LogP contribution >= 0.6 is 43.5 Å². The second-order valence-electron chi connectivity index (χ2n) is 4.68. The van der Waals surface area contributed by atoms with Crippen molar-refractivity contribution in [1.29, 1.82) is 0 Å². The lowest BCUT2D eigenvalue weighted by Gasteiger charge is -2.25. The van der Waals surface area contributed by atoms with E-state index in [1.165, 1.54) is 4.31 Å². The molecular weight excluding hydrogens is 417 g/mol. The molecule has 1 aliphatic rings. The minimum atomic E-state index is -3.51. The van der Waals surface area contributed by atoms with Gasteiger partial charge >= 0.3 is 0 Å². The highest BCUT2D eigenvalue weighted by Gasteiger charge is 2.39. The van der Waals surface area contributed by atoms with Crippen LogP contribution in [-0.2, 0) is 10.0 Å². The third kappa shape index (κ3) is 3.02. The summed E-state index contributed by atoms with van der Waals surface area (Å²) in [4.78, 5) is 0.283. The van der Waals surface area contributed by atoms with Gasteiger partial charge in [-0.25, -0.2) is 8.42 Å². The van der Waals surface area contributed by atoms with E-state index in [4.69, 9.17) is 11.6 Å². The highest BCUT2D eigenvalue weighted by atomic mass is 79.9. The highest BCUT2D eigenvalue weighted by Crippen LogP contribution is 2.34. The number of benzene rings is 1. The summed E-state index contributed by atoms with van der Waals surface area (Å²) in [6, 6.07) is 5.02. The van der Waals surface area contributed by atoms with Gasteiger partial charge in [0.1, 0.15) is 0 Å². The largest absolute Gasteiger partial charge is 0.244 e.